The number of halogens is 2. The van der Waals surface area contributed by atoms with Crippen molar-refractivity contribution >= 4 is 50.8 Å². The summed E-state index contributed by atoms with van der Waals surface area (Å²) in [6.45, 7) is 2.17. The zero-order valence-corrected chi connectivity index (χ0v) is 19.6. The van der Waals surface area contributed by atoms with Crippen molar-refractivity contribution in [3.63, 3.8) is 0 Å². The molecule has 0 spiro atoms. The fourth-order valence-electron chi connectivity index (χ4n) is 3.44. The predicted molar refractivity (Wildman–Crippen MR) is 123 cm³/mol. The van der Waals surface area contributed by atoms with Crippen molar-refractivity contribution in [3.05, 3.63) is 63.6 Å². The maximum atomic E-state index is 13.0. The average Bonchev–Trinajstić information content (AvgIpc) is 3.09. The van der Waals surface area contributed by atoms with Gasteiger partial charge in [-0.25, -0.2) is 0 Å². The highest BCUT2D eigenvalue weighted by atomic mass is 79.9. The van der Waals surface area contributed by atoms with E-state index < -0.39 is 11.4 Å². The summed E-state index contributed by atoms with van der Waals surface area (Å²) in [5.74, 6) is -0.694. The maximum absolute atomic E-state index is 13.0. The second kappa shape index (κ2) is 10.3. The lowest BCUT2D eigenvalue weighted by Crippen LogP contribution is -2.47. The van der Waals surface area contributed by atoms with Crippen LogP contribution in [0.4, 0.5) is 5.69 Å². The standard InChI is InChI=1S/C22H23BrClN3O4/c1-3-31-21(29)22(14-30-2)13-27(26-20(22)15-4-8-17(24)9-5-15)12-19(28)25-18-10-6-16(23)7-11-18/h4-11H,3,12-14H2,1-2H3,(H,25,28). The van der Waals surface area contributed by atoms with E-state index in [1.165, 1.54) is 7.11 Å². The lowest BCUT2D eigenvalue weighted by molar-refractivity contribution is -0.154. The number of hydrogen-bond donors (Lipinski definition) is 1. The molecule has 0 saturated heterocycles. The Bertz CT molecular complexity index is 966. The van der Waals surface area contributed by atoms with E-state index in [0.29, 0.717) is 22.0 Å². The van der Waals surface area contributed by atoms with Crippen LogP contribution in [0.25, 0.3) is 0 Å². The quantitative estimate of drug-likeness (QED) is 0.546. The molecule has 1 unspecified atom stereocenters. The van der Waals surface area contributed by atoms with E-state index in [9.17, 15) is 9.59 Å². The SMILES string of the molecule is CCOC(=O)C1(COC)CN(CC(=O)Nc2ccc(Br)cc2)N=C1c1ccc(Cl)cc1. The molecule has 1 aliphatic rings. The largest absolute Gasteiger partial charge is 0.465 e. The highest BCUT2D eigenvalue weighted by Gasteiger charge is 2.51. The molecule has 7 nitrogen and oxygen atoms in total. The number of nitrogens with zero attached hydrogens (tertiary/aromatic N) is 2. The first-order valence-corrected chi connectivity index (χ1v) is 10.9. The van der Waals surface area contributed by atoms with Crippen molar-refractivity contribution in [2.45, 2.75) is 6.92 Å². The van der Waals surface area contributed by atoms with Gasteiger partial charge in [0.2, 0.25) is 5.91 Å². The highest BCUT2D eigenvalue weighted by molar-refractivity contribution is 9.10. The van der Waals surface area contributed by atoms with Gasteiger partial charge in [-0.15, -0.1) is 0 Å². The normalized spacial score (nSPS) is 17.9. The molecule has 0 aliphatic carbocycles. The molecule has 0 aromatic heterocycles. The van der Waals surface area contributed by atoms with Crippen LogP contribution in [0.2, 0.25) is 5.02 Å². The van der Waals surface area contributed by atoms with E-state index in [4.69, 9.17) is 21.1 Å². The number of carbonyl (C=O) groups excluding carboxylic acids is 2. The molecule has 2 aromatic rings. The molecule has 1 heterocycles. The van der Waals surface area contributed by atoms with Gasteiger partial charge in [-0.1, -0.05) is 39.7 Å². The Morgan fingerprint density at radius 2 is 1.87 bits per heavy atom. The number of carbonyl (C=O) groups is 2. The van der Waals surface area contributed by atoms with Crippen LogP contribution in [0.3, 0.4) is 0 Å². The van der Waals surface area contributed by atoms with E-state index in [1.54, 1.807) is 48.3 Å². The summed E-state index contributed by atoms with van der Waals surface area (Å²) in [6, 6.07) is 14.3. The monoisotopic (exact) mass is 507 g/mol. The molecular weight excluding hydrogens is 486 g/mol. The van der Waals surface area contributed by atoms with Crippen molar-refractivity contribution < 1.29 is 19.1 Å². The Morgan fingerprint density at radius 1 is 1.19 bits per heavy atom. The zero-order chi connectivity index (χ0) is 22.4. The number of hydrazone groups is 1. The molecule has 2 aromatic carbocycles. The molecule has 1 aliphatic heterocycles. The van der Waals surface area contributed by atoms with Crippen molar-refractivity contribution in [2.24, 2.45) is 10.5 Å². The summed E-state index contributed by atoms with van der Waals surface area (Å²) >= 11 is 9.39. The van der Waals surface area contributed by atoms with Gasteiger partial charge in [0.1, 0.15) is 6.54 Å². The average molecular weight is 509 g/mol. The van der Waals surface area contributed by atoms with E-state index >= 15 is 0 Å². The summed E-state index contributed by atoms with van der Waals surface area (Å²) in [4.78, 5) is 25.6. The number of anilines is 1. The summed E-state index contributed by atoms with van der Waals surface area (Å²) in [5.41, 5.74) is 0.713. The molecule has 0 radical (unpaired) electrons. The third-order valence-corrected chi connectivity index (χ3v) is 5.56. The number of methoxy groups -OCH3 is 1. The fraction of sp³-hybridized carbons (Fsp3) is 0.318. The maximum Gasteiger partial charge on any atom is 0.322 e. The summed E-state index contributed by atoms with van der Waals surface area (Å²) in [5, 5.41) is 9.59. The van der Waals surface area contributed by atoms with Crippen molar-refractivity contribution in [2.75, 3.05) is 38.7 Å². The lowest BCUT2D eigenvalue weighted by Gasteiger charge is -2.28. The Hall–Kier alpha value is -2.42. The van der Waals surface area contributed by atoms with E-state index in [0.717, 1.165) is 4.47 Å². The minimum absolute atomic E-state index is 0.0297. The second-order valence-corrected chi connectivity index (χ2v) is 8.42. The number of amides is 1. The van der Waals surface area contributed by atoms with E-state index in [1.807, 2.05) is 12.1 Å². The van der Waals surface area contributed by atoms with Gasteiger partial charge >= 0.3 is 5.97 Å². The summed E-state index contributed by atoms with van der Waals surface area (Å²) in [6.07, 6.45) is 0. The predicted octanol–water partition coefficient (Wildman–Crippen LogP) is 3.96. The topological polar surface area (TPSA) is 80.2 Å². The van der Waals surface area contributed by atoms with Crippen molar-refractivity contribution in [1.29, 1.82) is 0 Å². The van der Waals surface area contributed by atoms with Gasteiger partial charge < -0.3 is 14.8 Å². The van der Waals surface area contributed by atoms with Gasteiger partial charge in [-0.3, -0.25) is 14.6 Å². The van der Waals surface area contributed by atoms with Crippen LogP contribution in [-0.4, -0.2) is 56.0 Å². The number of nitrogens with one attached hydrogen (secondary N) is 1. The Balaban J connectivity index is 1.87. The Labute approximate surface area is 194 Å². The molecule has 0 bridgehead atoms. The van der Waals surface area contributed by atoms with Gasteiger partial charge in [0.15, 0.2) is 5.41 Å². The molecular formula is C22H23BrClN3O4. The lowest BCUT2D eigenvalue weighted by atomic mass is 9.80. The van der Waals surface area contributed by atoms with Gasteiger partial charge in [0.25, 0.3) is 0 Å². The molecule has 0 fully saturated rings. The molecule has 9 heteroatoms. The Morgan fingerprint density at radius 3 is 2.48 bits per heavy atom. The third-order valence-electron chi connectivity index (χ3n) is 4.78. The van der Waals surface area contributed by atoms with Crippen LogP contribution in [0.1, 0.15) is 12.5 Å². The molecule has 1 N–H and O–H groups in total. The molecule has 31 heavy (non-hydrogen) atoms. The third kappa shape index (κ3) is 5.44. The molecule has 164 valence electrons. The van der Waals surface area contributed by atoms with Crippen molar-refractivity contribution in [1.82, 2.24) is 5.01 Å². The van der Waals surface area contributed by atoms with Crippen LogP contribution < -0.4 is 5.32 Å². The summed E-state index contributed by atoms with van der Waals surface area (Å²) < 4.78 is 11.7. The van der Waals surface area contributed by atoms with Crippen molar-refractivity contribution in [3.8, 4) is 0 Å². The first kappa shape index (κ1) is 23.2. The first-order valence-electron chi connectivity index (χ1n) is 9.69. The number of esters is 1. The Kier molecular flexibility index (Phi) is 7.69. The van der Waals surface area contributed by atoms with E-state index in [-0.39, 0.29) is 32.2 Å². The minimum atomic E-state index is -1.16. The van der Waals surface area contributed by atoms with Crippen LogP contribution in [0, 0.1) is 5.41 Å². The van der Waals surface area contributed by atoms with Gasteiger partial charge in [0.05, 0.1) is 25.5 Å². The number of benzene rings is 2. The minimum Gasteiger partial charge on any atom is -0.465 e. The number of ether oxygens (including phenoxy) is 2. The molecule has 0 saturated carbocycles. The number of rotatable bonds is 8. The van der Waals surface area contributed by atoms with Gasteiger partial charge in [-0.2, -0.15) is 5.10 Å². The van der Waals surface area contributed by atoms with Gasteiger partial charge in [0, 0.05) is 22.3 Å². The summed E-state index contributed by atoms with van der Waals surface area (Å²) in [7, 11) is 1.52. The zero-order valence-electron chi connectivity index (χ0n) is 17.2. The second-order valence-electron chi connectivity index (χ2n) is 7.07. The molecule has 3 rings (SSSR count). The van der Waals surface area contributed by atoms with Crippen LogP contribution >= 0.6 is 27.5 Å². The first-order chi connectivity index (χ1) is 14.9. The van der Waals surface area contributed by atoms with Crippen LogP contribution in [0.15, 0.2) is 58.1 Å². The smallest absolute Gasteiger partial charge is 0.322 e. The fourth-order valence-corrected chi connectivity index (χ4v) is 3.83. The van der Waals surface area contributed by atoms with Crippen LogP contribution in [0.5, 0.6) is 0 Å². The molecule has 1 amide bonds. The molecule has 1 atom stereocenters. The van der Waals surface area contributed by atoms with E-state index in [2.05, 4.69) is 26.3 Å². The van der Waals surface area contributed by atoms with Gasteiger partial charge in [-0.05, 0) is 48.9 Å². The van der Waals surface area contributed by atoms with Crippen LogP contribution in [-0.2, 0) is 19.1 Å². The number of hydrogen-bond acceptors (Lipinski definition) is 6. The highest BCUT2D eigenvalue weighted by Crippen LogP contribution is 2.34.